The molecule has 9 nitrogen and oxygen atoms in total. The number of aromatic nitrogens is 3. The number of carbonyl (C=O) groups is 2. The standard InChI is InChI=1S/C21H16ClN5O4S/c1-9-8-23-17-16-10-3-6-14(31-15-7-13(22)26-19(27-15)21(29)30-2)25-11(10)4-5-12(16)32-18(17)20(28)24-9/h3-7,9,23H,8H2,1-2H3,(H,24,28). The average molecular weight is 470 g/mol. The van der Waals surface area contributed by atoms with Gasteiger partial charge in [-0.15, -0.1) is 11.3 Å². The third-order valence-corrected chi connectivity index (χ3v) is 6.26. The summed E-state index contributed by atoms with van der Waals surface area (Å²) in [5.74, 6) is -0.688. The van der Waals surface area contributed by atoms with Crippen molar-refractivity contribution in [3.8, 4) is 11.8 Å². The fraction of sp³-hybridized carbons (Fsp3) is 0.190. The molecule has 0 fully saturated rings. The summed E-state index contributed by atoms with van der Waals surface area (Å²) in [7, 11) is 1.23. The minimum absolute atomic E-state index is 0.0276. The van der Waals surface area contributed by atoms with Gasteiger partial charge in [0, 0.05) is 40.2 Å². The number of anilines is 1. The van der Waals surface area contributed by atoms with Gasteiger partial charge in [-0.3, -0.25) is 4.79 Å². The van der Waals surface area contributed by atoms with Gasteiger partial charge >= 0.3 is 5.97 Å². The number of nitrogens with one attached hydrogen (secondary N) is 2. The number of halogens is 1. The van der Waals surface area contributed by atoms with Crippen molar-refractivity contribution in [2.75, 3.05) is 19.0 Å². The Morgan fingerprint density at radius 3 is 2.84 bits per heavy atom. The lowest BCUT2D eigenvalue weighted by Gasteiger charge is -2.10. The molecule has 0 saturated carbocycles. The molecular weight excluding hydrogens is 454 g/mol. The van der Waals surface area contributed by atoms with E-state index in [9.17, 15) is 9.59 Å². The van der Waals surface area contributed by atoms with Crippen LogP contribution in [0.3, 0.4) is 0 Å². The van der Waals surface area contributed by atoms with Gasteiger partial charge in [0.1, 0.15) is 10.0 Å². The second kappa shape index (κ2) is 7.88. The number of amides is 1. The van der Waals surface area contributed by atoms with Crippen LogP contribution < -0.4 is 15.4 Å². The lowest BCUT2D eigenvalue weighted by atomic mass is 10.1. The Morgan fingerprint density at radius 2 is 2.03 bits per heavy atom. The summed E-state index contributed by atoms with van der Waals surface area (Å²) in [5, 5.41) is 8.25. The molecule has 0 saturated heterocycles. The molecule has 0 aliphatic carbocycles. The first kappa shape index (κ1) is 20.4. The maximum Gasteiger partial charge on any atom is 0.376 e. The predicted molar refractivity (Wildman–Crippen MR) is 121 cm³/mol. The van der Waals surface area contributed by atoms with E-state index in [1.165, 1.54) is 24.5 Å². The maximum atomic E-state index is 12.6. The molecule has 1 aliphatic heterocycles. The molecule has 1 amide bonds. The second-order valence-corrected chi connectivity index (χ2v) is 8.60. The highest BCUT2D eigenvalue weighted by molar-refractivity contribution is 7.21. The third-order valence-electron chi connectivity index (χ3n) is 4.91. The van der Waals surface area contributed by atoms with Crippen LogP contribution in [0.1, 0.15) is 27.2 Å². The zero-order chi connectivity index (χ0) is 22.4. The van der Waals surface area contributed by atoms with Crippen molar-refractivity contribution < 1.29 is 19.1 Å². The van der Waals surface area contributed by atoms with E-state index in [-0.39, 0.29) is 34.7 Å². The van der Waals surface area contributed by atoms with Crippen LogP contribution in [0.2, 0.25) is 5.15 Å². The Kier molecular flexibility index (Phi) is 5.03. The summed E-state index contributed by atoms with van der Waals surface area (Å²) in [4.78, 5) is 37.4. The predicted octanol–water partition coefficient (Wildman–Crippen LogP) is 4.02. The SMILES string of the molecule is COC(=O)c1nc(Cl)cc(Oc2ccc3c(ccc4sc5c(c43)NCC(C)NC5=O)n2)n1. The van der Waals surface area contributed by atoms with Gasteiger partial charge in [-0.25, -0.2) is 14.8 Å². The summed E-state index contributed by atoms with van der Waals surface area (Å²) in [6.45, 7) is 2.59. The molecule has 4 aromatic rings. The monoisotopic (exact) mass is 469 g/mol. The zero-order valence-electron chi connectivity index (χ0n) is 16.9. The molecule has 32 heavy (non-hydrogen) atoms. The minimum atomic E-state index is -0.727. The van der Waals surface area contributed by atoms with Gasteiger partial charge in [0.05, 0.1) is 18.3 Å². The topological polar surface area (TPSA) is 115 Å². The highest BCUT2D eigenvalue weighted by Gasteiger charge is 2.25. The van der Waals surface area contributed by atoms with E-state index in [0.717, 1.165) is 21.2 Å². The number of hydrogen-bond donors (Lipinski definition) is 2. The van der Waals surface area contributed by atoms with E-state index in [0.29, 0.717) is 16.9 Å². The van der Waals surface area contributed by atoms with Crippen molar-refractivity contribution in [2.24, 2.45) is 0 Å². The number of thiophene rings is 1. The van der Waals surface area contributed by atoms with Crippen molar-refractivity contribution in [1.29, 1.82) is 0 Å². The smallest absolute Gasteiger partial charge is 0.376 e. The van der Waals surface area contributed by atoms with Gasteiger partial charge in [-0.2, -0.15) is 4.98 Å². The number of pyridine rings is 1. The summed E-state index contributed by atoms with van der Waals surface area (Å²) in [5.41, 5.74) is 1.50. The average Bonchev–Trinajstić information content (AvgIpc) is 3.09. The van der Waals surface area contributed by atoms with Crippen LogP contribution in [0.15, 0.2) is 30.3 Å². The Morgan fingerprint density at radius 1 is 1.19 bits per heavy atom. The van der Waals surface area contributed by atoms with Crippen LogP contribution >= 0.6 is 22.9 Å². The molecular formula is C21H16ClN5O4S. The van der Waals surface area contributed by atoms with Gasteiger partial charge < -0.3 is 20.1 Å². The summed E-state index contributed by atoms with van der Waals surface area (Å²) >= 11 is 7.41. The maximum absolute atomic E-state index is 12.6. The van der Waals surface area contributed by atoms with Gasteiger partial charge in [-0.1, -0.05) is 11.6 Å². The number of rotatable bonds is 3. The summed E-state index contributed by atoms with van der Waals surface area (Å²) in [6.07, 6.45) is 0. The lowest BCUT2D eigenvalue weighted by Crippen LogP contribution is -2.34. The Balaban J connectivity index is 1.56. The molecule has 3 aromatic heterocycles. The van der Waals surface area contributed by atoms with Gasteiger partial charge in [0.25, 0.3) is 5.91 Å². The highest BCUT2D eigenvalue weighted by atomic mass is 35.5. The van der Waals surface area contributed by atoms with Crippen LogP contribution in [-0.2, 0) is 4.74 Å². The molecule has 0 spiro atoms. The number of fused-ring (bicyclic) bond motifs is 5. The van der Waals surface area contributed by atoms with Crippen LogP contribution in [0, 0.1) is 0 Å². The Bertz CT molecular complexity index is 1410. The molecule has 4 heterocycles. The molecule has 162 valence electrons. The van der Waals surface area contributed by atoms with Crippen molar-refractivity contribution in [2.45, 2.75) is 13.0 Å². The molecule has 1 aromatic carbocycles. The third kappa shape index (κ3) is 3.57. The van der Waals surface area contributed by atoms with Crippen molar-refractivity contribution in [3.63, 3.8) is 0 Å². The van der Waals surface area contributed by atoms with Crippen LogP contribution in [0.25, 0.3) is 21.0 Å². The van der Waals surface area contributed by atoms with E-state index in [1.54, 1.807) is 6.07 Å². The van der Waals surface area contributed by atoms with Crippen molar-refractivity contribution in [1.82, 2.24) is 20.3 Å². The summed E-state index contributed by atoms with van der Waals surface area (Å²) < 4.78 is 11.3. The largest absolute Gasteiger partial charge is 0.463 e. The number of esters is 1. The second-order valence-electron chi connectivity index (χ2n) is 7.16. The van der Waals surface area contributed by atoms with Crippen LogP contribution in [0.5, 0.6) is 11.8 Å². The van der Waals surface area contributed by atoms with E-state index in [2.05, 4.69) is 30.3 Å². The lowest BCUT2D eigenvalue weighted by molar-refractivity contribution is 0.0585. The first-order valence-electron chi connectivity index (χ1n) is 9.64. The highest BCUT2D eigenvalue weighted by Crippen LogP contribution is 2.41. The first-order chi connectivity index (χ1) is 15.4. The van der Waals surface area contributed by atoms with Crippen LogP contribution in [0.4, 0.5) is 5.69 Å². The van der Waals surface area contributed by atoms with Crippen molar-refractivity contribution in [3.05, 3.63) is 46.2 Å². The number of carbonyl (C=O) groups excluding carboxylic acids is 2. The first-order valence-corrected chi connectivity index (χ1v) is 10.8. The quantitative estimate of drug-likeness (QED) is 0.341. The molecule has 1 atom stereocenters. The molecule has 1 unspecified atom stereocenters. The molecule has 2 N–H and O–H groups in total. The Hall–Kier alpha value is -3.50. The van der Waals surface area contributed by atoms with Gasteiger partial charge in [-0.05, 0) is 25.1 Å². The molecule has 0 bridgehead atoms. The Labute approximate surface area is 190 Å². The zero-order valence-corrected chi connectivity index (χ0v) is 18.5. The van der Waals surface area contributed by atoms with Crippen molar-refractivity contribution >= 4 is 61.5 Å². The number of nitrogens with zero attached hydrogens (tertiary/aromatic N) is 3. The fourth-order valence-electron chi connectivity index (χ4n) is 3.50. The fourth-order valence-corrected chi connectivity index (χ4v) is 4.77. The van der Waals surface area contributed by atoms with E-state index < -0.39 is 5.97 Å². The number of hydrogen-bond acceptors (Lipinski definition) is 9. The van der Waals surface area contributed by atoms with Gasteiger partial charge in [0.2, 0.25) is 17.6 Å². The molecule has 0 radical (unpaired) electrons. The number of ether oxygens (including phenoxy) is 2. The minimum Gasteiger partial charge on any atom is -0.463 e. The molecule has 1 aliphatic rings. The molecule has 11 heteroatoms. The molecule has 5 rings (SSSR count). The van der Waals surface area contributed by atoms with E-state index in [1.807, 2.05) is 25.1 Å². The normalized spacial score (nSPS) is 15.6. The van der Waals surface area contributed by atoms with E-state index >= 15 is 0 Å². The summed E-state index contributed by atoms with van der Waals surface area (Å²) in [6, 6.07) is 8.78. The number of methoxy groups -OCH3 is 1. The van der Waals surface area contributed by atoms with Gasteiger partial charge in [0.15, 0.2) is 0 Å². The van der Waals surface area contributed by atoms with E-state index in [4.69, 9.17) is 16.3 Å². The van der Waals surface area contributed by atoms with Crippen LogP contribution in [-0.4, -0.2) is 46.5 Å². The number of benzene rings is 1.